The minimum absolute atomic E-state index is 0.213. The number of aliphatic hydroxyl groups excluding tert-OH is 1. The molecule has 0 aromatic heterocycles. The highest BCUT2D eigenvalue weighted by atomic mass is 16.7. The molecule has 1 amide bonds. The van der Waals surface area contributed by atoms with Crippen LogP contribution in [0.3, 0.4) is 0 Å². The van der Waals surface area contributed by atoms with Gasteiger partial charge in [-0.05, 0) is 18.4 Å². The zero-order chi connectivity index (χ0) is 20.7. The molecule has 1 aromatic rings. The predicted molar refractivity (Wildman–Crippen MR) is 107 cm³/mol. The first kappa shape index (κ1) is 24.9. The van der Waals surface area contributed by atoms with Crippen LogP contribution in [0, 0.1) is 0 Å². The molecule has 0 spiro atoms. The number of rotatable bonds is 5. The summed E-state index contributed by atoms with van der Waals surface area (Å²) in [5.41, 5.74) is 0.842. The number of carbonyl (C=O) groups is 2. The van der Waals surface area contributed by atoms with Crippen LogP contribution in [0.15, 0.2) is 30.3 Å². The maximum Gasteiger partial charge on any atom is 0.506 e. The number of carboxylic acid groups (broad SMARTS) is 1. The molecule has 0 saturated carbocycles. The molecule has 2 N–H and O–H groups in total. The van der Waals surface area contributed by atoms with Crippen molar-refractivity contribution in [3.05, 3.63) is 35.9 Å². The Morgan fingerprint density at radius 2 is 1.63 bits per heavy atom. The Balaban J connectivity index is 0.000000998. The summed E-state index contributed by atoms with van der Waals surface area (Å²) in [5, 5.41) is 18.3. The molecule has 1 aliphatic heterocycles. The lowest BCUT2D eigenvalue weighted by atomic mass is 10.0. The second kappa shape index (κ2) is 15.0. The molecular formula is C21H35NO5. The van der Waals surface area contributed by atoms with Crippen LogP contribution >= 0.6 is 0 Å². The summed E-state index contributed by atoms with van der Waals surface area (Å²) in [6.07, 6.45) is 0.988. The highest BCUT2D eigenvalue weighted by molar-refractivity contribution is 5.83. The first-order valence-electron chi connectivity index (χ1n) is 9.88. The molecule has 27 heavy (non-hydrogen) atoms. The Kier molecular flexibility index (Phi) is 13.9. The molecule has 1 atom stereocenters. The largest absolute Gasteiger partial charge is 0.506 e. The lowest BCUT2D eigenvalue weighted by Gasteiger charge is -2.31. The van der Waals surface area contributed by atoms with Gasteiger partial charge in [-0.3, -0.25) is 4.79 Å². The van der Waals surface area contributed by atoms with E-state index >= 15 is 0 Å². The van der Waals surface area contributed by atoms with E-state index in [1.165, 1.54) is 12.8 Å². The van der Waals surface area contributed by atoms with E-state index in [1.807, 2.05) is 44.2 Å². The SMILES string of the molecule is CC.CCCC.O=C(O)O[C@@H](Cc1ccccc1)C(=O)N1CCC(O)CC1. The van der Waals surface area contributed by atoms with E-state index in [9.17, 15) is 14.7 Å². The van der Waals surface area contributed by atoms with E-state index < -0.39 is 12.3 Å². The molecule has 0 unspecified atom stereocenters. The molecule has 6 nitrogen and oxygen atoms in total. The predicted octanol–water partition coefficient (Wildman–Crippen LogP) is 4.11. The second-order valence-electron chi connectivity index (χ2n) is 6.12. The summed E-state index contributed by atoms with van der Waals surface area (Å²) in [4.78, 5) is 24.8. The maximum absolute atomic E-state index is 12.4. The van der Waals surface area contributed by atoms with Gasteiger partial charge in [-0.15, -0.1) is 0 Å². The third-order valence-electron chi connectivity index (χ3n) is 4.06. The Morgan fingerprint density at radius 3 is 2.07 bits per heavy atom. The van der Waals surface area contributed by atoms with Crippen LogP contribution < -0.4 is 0 Å². The quantitative estimate of drug-likeness (QED) is 0.750. The van der Waals surface area contributed by atoms with Gasteiger partial charge in [0.05, 0.1) is 6.10 Å². The summed E-state index contributed by atoms with van der Waals surface area (Å²) < 4.78 is 4.76. The molecule has 6 heteroatoms. The van der Waals surface area contributed by atoms with Gasteiger partial charge >= 0.3 is 6.16 Å². The average Bonchev–Trinajstić information content (AvgIpc) is 2.70. The van der Waals surface area contributed by atoms with Crippen LogP contribution in [0.1, 0.15) is 58.9 Å². The van der Waals surface area contributed by atoms with Crippen molar-refractivity contribution < 1.29 is 24.5 Å². The number of hydrogen-bond donors (Lipinski definition) is 2. The van der Waals surface area contributed by atoms with Gasteiger partial charge in [0.25, 0.3) is 5.91 Å². The number of aliphatic hydroxyl groups is 1. The van der Waals surface area contributed by atoms with E-state index in [4.69, 9.17) is 9.84 Å². The van der Waals surface area contributed by atoms with E-state index in [0.717, 1.165) is 5.56 Å². The minimum Gasteiger partial charge on any atom is -0.450 e. The molecule has 0 aliphatic carbocycles. The minimum atomic E-state index is -1.46. The number of carbonyl (C=O) groups excluding carboxylic acids is 1. The number of nitrogens with zero attached hydrogens (tertiary/aromatic N) is 1. The average molecular weight is 382 g/mol. The van der Waals surface area contributed by atoms with Crippen molar-refractivity contribution >= 4 is 12.1 Å². The maximum atomic E-state index is 12.4. The normalized spacial score (nSPS) is 14.8. The number of unbranched alkanes of at least 4 members (excludes halogenated alkanes) is 1. The fraction of sp³-hybridized carbons (Fsp3) is 0.619. The highest BCUT2D eigenvalue weighted by Crippen LogP contribution is 2.15. The van der Waals surface area contributed by atoms with E-state index in [-0.39, 0.29) is 18.4 Å². The number of amides is 1. The van der Waals surface area contributed by atoms with Crippen molar-refractivity contribution in [3.8, 4) is 0 Å². The van der Waals surface area contributed by atoms with Gasteiger partial charge in [-0.2, -0.15) is 0 Å². The molecule has 1 heterocycles. The number of hydrogen-bond acceptors (Lipinski definition) is 4. The fourth-order valence-corrected chi connectivity index (χ4v) is 2.42. The monoisotopic (exact) mass is 381 g/mol. The molecule has 1 saturated heterocycles. The molecular weight excluding hydrogens is 346 g/mol. The number of piperidine rings is 1. The van der Waals surface area contributed by atoms with Crippen LogP contribution in [0.2, 0.25) is 0 Å². The smallest absolute Gasteiger partial charge is 0.450 e. The number of likely N-dealkylation sites (tertiary alicyclic amines) is 1. The summed E-state index contributed by atoms with van der Waals surface area (Å²) in [6.45, 7) is 9.21. The summed E-state index contributed by atoms with van der Waals surface area (Å²) >= 11 is 0. The lowest BCUT2D eigenvalue weighted by Crippen LogP contribution is -2.46. The van der Waals surface area contributed by atoms with Crippen molar-refractivity contribution in [2.75, 3.05) is 13.1 Å². The molecule has 0 radical (unpaired) electrons. The molecule has 1 fully saturated rings. The Morgan fingerprint density at radius 1 is 1.11 bits per heavy atom. The lowest BCUT2D eigenvalue weighted by molar-refractivity contribution is -0.143. The number of benzene rings is 1. The van der Waals surface area contributed by atoms with Gasteiger partial charge in [0.2, 0.25) is 0 Å². The van der Waals surface area contributed by atoms with Crippen molar-refractivity contribution in [1.82, 2.24) is 4.90 Å². The second-order valence-corrected chi connectivity index (χ2v) is 6.12. The van der Waals surface area contributed by atoms with Crippen LogP contribution in [0.5, 0.6) is 0 Å². The Hall–Kier alpha value is -2.08. The zero-order valence-electron chi connectivity index (χ0n) is 17.1. The third kappa shape index (κ3) is 10.6. The Bertz CT molecular complexity index is 511. The number of ether oxygens (including phenoxy) is 1. The molecule has 154 valence electrons. The first-order chi connectivity index (χ1) is 13.0. The standard InChI is InChI=1S/C15H19NO5.C4H10.C2H6/c17-12-6-8-16(9-7-12)14(18)13(21-15(19)20)10-11-4-2-1-3-5-11;1-3-4-2;1-2/h1-5,12-13,17H,6-10H2,(H,19,20);3-4H2,1-2H3;1-2H3/t13-;;/m0../s1. The van der Waals surface area contributed by atoms with Crippen molar-refractivity contribution in [3.63, 3.8) is 0 Å². The topological polar surface area (TPSA) is 87.1 Å². The molecule has 2 rings (SSSR count). The van der Waals surface area contributed by atoms with E-state index in [1.54, 1.807) is 4.90 Å². The summed E-state index contributed by atoms with van der Waals surface area (Å²) in [5.74, 6) is -0.340. The molecule has 1 aromatic carbocycles. The molecule has 1 aliphatic rings. The van der Waals surface area contributed by atoms with Gasteiger partial charge in [-0.1, -0.05) is 70.9 Å². The van der Waals surface area contributed by atoms with Gasteiger partial charge in [0.15, 0.2) is 6.10 Å². The highest BCUT2D eigenvalue weighted by Gasteiger charge is 2.30. The zero-order valence-corrected chi connectivity index (χ0v) is 17.1. The van der Waals surface area contributed by atoms with Crippen LogP contribution in [0.4, 0.5) is 4.79 Å². The van der Waals surface area contributed by atoms with E-state index in [0.29, 0.717) is 25.9 Å². The van der Waals surface area contributed by atoms with Gasteiger partial charge < -0.3 is 19.8 Å². The van der Waals surface area contributed by atoms with Crippen molar-refractivity contribution in [2.24, 2.45) is 0 Å². The first-order valence-corrected chi connectivity index (χ1v) is 9.88. The van der Waals surface area contributed by atoms with Crippen molar-refractivity contribution in [2.45, 2.75) is 72.0 Å². The third-order valence-corrected chi connectivity index (χ3v) is 4.06. The molecule has 0 bridgehead atoms. The summed E-state index contributed by atoms with van der Waals surface area (Å²) in [7, 11) is 0. The van der Waals surface area contributed by atoms with Crippen LogP contribution in [-0.4, -0.2) is 52.5 Å². The van der Waals surface area contributed by atoms with E-state index in [2.05, 4.69) is 13.8 Å². The Labute approximate surface area is 163 Å². The van der Waals surface area contributed by atoms with Crippen molar-refractivity contribution in [1.29, 1.82) is 0 Å². The van der Waals surface area contributed by atoms with Crippen LogP contribution in [-0.2, 0) is 16.0 Å². The van der Waals surface area contributed by atoms with Gasteiger partial charge in [0, 0.05) is 19.5 Å². The fourth-order valence-electron chi connectivity index (χ4n) is 2.42. The van der Waals surface area contributed by atoms with Gasteiger partial charge in [-0.25, -0.2) is 4.79 Å². The van der Waals surface area contributed by atoms with Gasteiger partial charge in [0.1, 0.15) is 0 Å². The van der Waals surface area contributed by atoms with Crippen LogP contribution in [0.25, 0.3) is 0 Å². The summed E-state index contributed by atoms with van der Waals surface area (Å²) in [6, 6.07) is 9.16.